The standard InChI is InChI=1S/C11H16N2O5/c1-4-11(2,3)13-10(18)12-7(9(16)17)5-6-8(14)15/h1,7H,5-6H2,2-3H3,(H,14,15)(H,16,17)(H2,12,13,18). The molecule has 1 unspecified atom stereocenters. The van der Waals surface area contributed by atoms with Gasteiger partial charge in [0.25, 0.3) is 0 Å². The maximum atomic E-state index is 11.4. The predicted octanol–water partition coefficient (Wildman–Crippen LogP) is 0.0154. The van der Waals surface area contributed by atoms with E-state index in [2.05, 4.69) is 16.6 Å². The lowest BCUT2D eigenvalue weighted by Gasteiger charge is -2.21. The zero-order valence-corrected chi connectivity index (χ0v) is 10.2. The van der Waals surface area contributed by atoms with E-state index in [0.29, 0.717) is 0 Å². The zero-order chi connectivity index (χ0) is 14.3. The molecule has 7 nitrogen and oxygen atoms in total. The number of terminal acetylenes is 1. The summed E-state index contributed by atoms with van der Waals surface area (Å²) in [6.07, 6.45) is 4.61. The Hall–Kier alpha value is -2.23. The lowest BCUT2D eigenvalue weighted by atomic mass is 10.1. The van der Waals surface area contributed by atoms with Gasteiger partial charge in [-0.15, -0.1) is 6.42 Å². The molecule has 0 saturated heterocycles. The van der Waals surface area contributed by atoms with E-state index in [1.807, 2.05) is 0 Å². The van der Waals surface area contributed by atoms with E-state index in [4.69, 9.17) is 16.6 Å². The van der Waals surface area contributed by atoms with Crippen LogP contribution in [0.15, 0.2) is 0 Å². The third-order valence-corrected chi connectivity index (χ3v) is 2.04. The first kappa shape index (κ1) is 15.8. The van der Waals surface area contributed by atoms with Crippen LogP contribution in [0.3, 0.4) is 0 Å². The fourth-order valence-corrected chi connectivity index (χ4v) is 1.04. The van der Waals surface area contributed by atoms with Gasteiger partial charge in [-0.05, 0) is 20.3 Å². The highest BCUT2D eigenvalue weighted by molar-refractivity contribution is 5.83. The van der Waals surface area contributed by atoms with E-state index in [9.17, 15) is 14.4 Å². The molecular weight excluding hydrogens is 240 g/mol. The molecule has 0 saturated carbocycles. The second-order valence-electron chi connectivity index (χ2n) is 4.19. The lowest BCUT2D eigenvalue weighted by molar-refractivity contribution is -0.140. The second-order valence-corrected chi connectivity index (χ2v) is 4.19. The molecule has 0 heterocycles. The van der Waals surface area contributed by atoms with Crippen LogP contribution in [0.25, 0.3) is 0 Å². The Morgan fingerprint density at radius 2 is 1.89 bits per heavy atom. The highest BCUT2D eigenvalue weighted by atomic mass is 16.4. The molecular formula is C11H16N2O5. The summed E-state index contributed by atoms with van der Waals surface area (Å²) in [6.45, 7) is 3.14. The van der Waals surface area contributed by atoms with Crippen molar-refractivity contribution in [3.8, 4) is 12.3 Å². The topological polar surface area (TPSA) is 116 Å². The van der Waals surface area contributed by atoms with Gasteiger partial charge in [0.05, 0.1) is 5.54 Å². The third kappa shape index (κ3) is 6.37. The number of nitrogens with one attached hydrogen (secondary N) is 2. The van der Waals surface area contributed by atoms with Gasteiger partial charge >= 0.3 is 18.0 Å². The lowest BCUT2D eigenvalue weighted by Crippen LogP contribution is -2.52. The van der Waals surface area contributed by atoms with Crippen molar-refractivity contribution in [3.63, 3.8) is 0 Å². The molecule has 0 radical (unpaired) electrons. The first-order valence-corrected chi connectivity index (χ1v) is 5.19. The summed E-state index contributed by atoms with van der Waals surface area (Å²) in [6, 6.07) is -2.02. The van der Waals surface area contributed by atoms with E-state index in [1.165, 1.54) is 0 Å². The number of carbonyl (C=O) groups is 3. The average Bonchev–Trinajstić information content (AvgIpc) is 2.22. The molecule has 1 atom stereocenters. The highest BCUT2D eigenvalue weighted by Gasteiger charge is 2.23. The van der Waals surface area contributed by atoms with Gasteiger partial charge < -0.3 is 20.8 Å². The van der Waals surface area contributed by atoms with Crippen molar-refractivity contribution >= 4 is 18.0 Å². The third-order valence-electron chi connectivity index (χ3n) is 2.04. The molecule has 0 aromatic rings. The quantitative estimate of drug-likeness (QED) is 0.500. The van der Waals surface area contributed by atoms with E-state index in [0.717, 1.165) is 0 Å². The molecule has 2 amide bonds. The normalized spacial score (nSPS) is 12.1. The first-order valence-electron chi connectivity index (χ1n) is 5.19. The van der Waals surface area contributed by atoms with Gasteiger partial charge in [0.2, 0.25) is 0 Å². The molecule has 7 heteroatoms. The number of carboxylic acids is 2. The molecule has 0 bridgehead atoms. The number of carboxylic acid groups (broad SMARTS) is 2. The van der Waals surface area contributed by atoms with Crippen LogP contribution in [0.1, 0.15) is 26.7 Å². The van der Waals surface area contributed by atoms with Crippen LogP contribution >= 0.6 is 0 Å². The SMILES string of the molecule is C#CC(C)(C)NC(=O)NC(CCC(=O)O)C(=O)O. The predicted molar refractivity (Wildman–Crippen MR) is 62.9 cm³/mol. The van der Waals surface area contributed by atoms with Gasteiger partial charge in [0.1, 0.15) is 6.04 Å². The summed E-state index contributed by atoms with van der Waals surface area (Å²) in [5.41, 5.74) is -0.917. The van der Waals surface area contributed by atoms with E-state index >= 15 is 0 Å². The summed E-state index contributed by atoms with van der Waals surface area (Å²) in [7, 11) is 0. The fraction of sp³-hybridized carbons (Fsp3) is 0.545. The Morgan fingerprint density at radius 3 is 2.28 bits per heavy atom. The van der Waals surface area contributed by atoms with E-state index < -0.39 is 29.6 Å². The number of aliphatic carboxylic acids is 2. The molecule has 0 aliphatic rings. The number of hydrogen-bond acceptors (Lipinski definition) is 3. The van der Waals surface area contributed by atoms with Gasteiger partial charge in [-0.3, -0.25) is 4.79 Å². The summed E-state index contributed by atoms with van der Waals surface area (Å²) in [5.74, 6) is -0.122. The second kappa shape index (κ2) is 6.49. The molecule has 0 aromatic carbocycles. The molecule has 0 aliphatic heterocycles. The van der Waals surface area contributed by atoms with Crippen LogP contribution in [0.5, 0.6) is 0 Å². The number of hydrogen-bond donors (Lipinski definition) is 4. The van der Waals surface area contributed by atoms with Crippen LogP contribution in [-0.4, -0.2) is 39.8 Å². The summed E-state index contributed by atoms with van der Waals surface area (Å²) >= 11 is 0. The van der Waals surface area contributed by atoms with Crippen molar-refractivity contribution in [2.75, 3.05) is 0 Å². The zero-order valence-electron chi connectivity index (χ0n) is 10.2. The molecule has 0 aliphatic carbocycles. The van der Waals surface area contributed by atoms with Crippen LogP contribution in [-0.2, 0) is 9.59 Å². The first-order chi connectivity index (χ1) is 8.18. The summed E-state index contributed by atoms with van der Waals surface area (Å²) in [5, 5.41) is 21.8. The fourth-order valence-electron chi connectivity index (χ4n) is 1.04. The Kier molecular flexibility index (Phi) is 5.69. The van der Waals surface area contributed by atoms with Crippen molar-refractivity contribution in [3.05, 3.63) is 0 Å². The molecule has 0 fully saturated rings. The van der Waals surface area contributed by atoms with Crippen molar-refractivity contribution < 1.29 is 24.6 Å². The van der Waals surface area contributed by atoms with Crippen LogP contribution in [0, 0.1) is 12.3 Å². The van der Waals surface area contributed by atoms with Gasteiger partial charge in [-0.1, -0.05) is 5.92 Å². The Labute approximate surface area is 105 Å². The minimum Gasteiger partial charge on any atom is -0.481 e. The minimum absolute atomic E-state index is 0.200. The van der Waals surface area contributed by atoms with Crippen LogP contribution in [0.4, 0.5) is 4.79 Å². The molecule has 18 heavy (non-hydrogen) atoms. The molecule has 0 aromatic heterocycles. The minimum atomic E-state index is -1.30. The van der Waals surface area contributed by atoms with Crippen molar-refractivity contribution in [1.82, 2.24) is 10.6 Å². The Balaban J connectivity index is 4.43. The Morgan fingerprint density at radius 1 is 1.33 bits per heavy atom. The maximum absolute atomic E-state index is 11.4. The number of amides is 2. The maximum Gasteiger partial charge on any atom is 0.326 e. The largest absolute Gasteiger partial charge is 0.481 e. The summed E-state index contributed by atoms with van der Waals surface area (Å²) in [4.78, 5) is 32.6. The molecule has 0 spiro atoms. The van der Waals surface area contributed by atoms with E-state index in [-0.39, 0.29) is 12.8 Å². The van der Waals surface area contributed by atoms with E-state index in [1.54, 1.807) is 13.8 Å². The van der Waals surface area contributed by atoms with Gasteiger partial charge in [0.15, 0.2) is 0 Å². The van der Waals surface area contributed by atoms with Gasteiger partial charge in [0, 0.05) is 6.42 Å². The average molecular weight is 256 g/mol. The van der Waals surface area contributed by atoms with Gasteiger partial charge in [-0.2, -0.15) is 0 Å². The number of rotatable bonds is 6. The van der Waals surface area contributed by atoms with Gasteiger partial charge in [-0.25, -0.2) is 9.59 Å². The Bertz CT molecular complexity index is 383. The summed E-state index contributed by atoms with van der Waals surface area (Å²) < 4.78 is 0. The smallest absolute Gasteiger partial charge is 0.326 e. The molecule has 4 N–H and O–H groups in total. The molecule has 0 rings (SSSR count). The van der Waals surface area contributed by atoms with Crippen molar-refractivity contribution in [2.45, 2.75) is 38.3 Å². The molecule has 100 valence electrons. The van der Waals surface area contributed by atoms with Crippen molar-refractivity contribution in [1.29, 1.82) is 0 Å². The number of urea groups is 1. The van der Waals surface area contributed by atoms with Crippen LogP contribution < -0.4 is 10.6 Å². The monoisotopic (exact) mass is 256 g/mol. The highest BCUT2D eigenvalue weighted by Crippen LogP contribution is 2.01. The van der Waals surface area contributed by atoms with Crippen molar-refractivity contribution in [2.24, 2.45) is 0 Å². The van der Waals surface area contributed by atoms with Crippen LogP contribution in [0.2, 0.25) is 0 Å². The number of carbonyl (C=O) groups excluding carboxylic acids is 1.